The van der Waals surface area contributed by atoms with Crippen molar-refractivity contribution in [2.24, 2.45) is 11.3 Å². The van der Waals surface area contributed by atoms with Crippen molar-refractivity contribution in [2.75, 3.05) is 7.05 Å². The van der Waals surface area contributed by atoms with E-state index in [2.05, 4.69) is 57.4 Å². The van der Waals surface area contributed by atoms with Crippen molar-refractivity contribution >= 4 is 0 Å². The van der Waals surface area contributed by atoms with E-state index >= 15 is 0 Å². The van der Waals surface area contributed by atoms with Gasteiger partial charge in [0, 0.05) is 6.04 Å². The van der Waals surface area contributed by atoms with E-state index < -0.39 is 0 Å². The van der Waals surface area contributed by atoms with Crippen molar-refractivity contribution in [3.8, 4) is 0 Å². The summed E-state index contributed by atoms with van der Waals surface area (Å²) in [5.41, 5.74) is 3.47. The molecule has 0 aromatic heterocycles. The lowest BCUT2D eigenvalue weighted by atomic mass is 9.70. The second kappa shape index (κ2) is 7.45. The summed E-state index contributed by atoms with van der Waals surface area (Å²) >= 11 is 0. The number of nitrogens with one attached hydrogen (secondary N) is 1. The largest absolute Gasteiger partial charge is 0.313 e. The van der Waals surface area contributed by atoms with E-state index in [1.807, 2.05) is 0 Å². The Balaban J connectivity index is 2.29. The highest BCUT2D eigenvalue weighted by molar-refractivity contribution is 5.28. The Labute approximate surface area is 131 Å². The maximum atomic E-state index is 3.68. The summed E-state index contributed by atoms with van der Waals surface area (Å²) in [6.45, 7) is 7.01. The minimum atomic E-state index is 0.466. The average molecular weight is 287 g/mol. The first kappa shape index (κ1) is 16.5. The first-order valence-corrected chi connectivity index (χ1v) is 8.87. The lowest BCUT2D eigenvalue weighted by molar-refractivity contribution is 0.161. The van der Waals surface area contributed by atoms with Gasteiger partial charge in [-0.2, -0.15) is 0 Å². The second-order valence-corrected chi connectivity index (χ2v) is 7.38. The molecule has 1 heteroatoms. The van der Waals surface area contributed by atoms with Gasteiger partial charge in [0.05, 0.1) is 0 Å². The standard InChI is InChI=1S/C20H33N/c1-5-9-17-10-8-11-18(14-17)19(21-4)20(15-16(2)3)12-6-7-13-20/h8,10-11,14,16,19,21H,5-7,9,12-13,15H2,1-4H3. The monoisotopic (exact) mass is 287 g/mol. The minimum Gasteiger partial charge on any atom is -0.313 e. The van der Waals surface area contributed by atoms with Gasteiger partial charge < -0.3 is 5.32 Å². The van der Waals surface area contributed by atoms with Crippen molar-refractivity contribution in [1.82, 2.24) is 5.32 Å². The van der Waals surface area contributed by atoms with E-state index in [0.29, 0.717) is 11.5 Å². The number of hydrogen-bond donors (Lipinski definition) is 1. The van der Waals surface area contributed by atoms with Crippen LogP contribution >= 0.6 is 0 Å². The van der Waals surface area contributed by atoms with Crippen LogP contribution in [-0.4, -0.2) is 7.05 Å². The van der Waals surface area contributed by atoms with Crippen LogP contribution in [-0.2, 0) is 6.42 Å². The van der Waals surface area contributed by atoms with Gasteiger partial charge in [-0.05, 0) is 55.2 Å². The topological polar surface area (TPSA) is 12.0 Å². The second-order valence-electron chi connectivity index (χ2n) is 7.38. The lowest BCUT2D eigenvalue weighted by Crippen LogP contribution is -2.36. The van der Waals surface area contributed by atoms with Crippen LogP contribution in [0, 0.1) is 11.3 Å². The lowest BCUT2D eigenvalue weighted by Gasteiger charge is -2.39. The van der Waals surface area contributed by atoms with Gasteiger partial charge in [0.2, 0.25) is 0 Å². The molecule has 0 spiro atoms. The molecule has 1 unspecified atom stereocenters. The van der Waals surface area contributed by atoms with E-state index in [-0.39, 0.29) is 0 Å². The highest BCUT2D eigenvalue weighted by Gasteiger charge is 2.41. The summed E-state index contributed by atoms with van der Waals surface area (Å²) in [4.78, 5) is 0. The minimum absolute atomic E-state index is 0.466. The first-order chi connectivity index (χ1) is 10.1. The molecule has 0 radical (unpaired) electrons. The van der Waals surface area contributed by atoms with E-state index in [0.717, 1.165) is 5.92 Å². The first-order valence-electron chi connectivity index (χ1n) is 8.87. The maximum Gasteiger partial charge on any atom is 0.0374 e. The Morgan fingerprint density at radius 2 is 1.90 bits per heavy atom. The smallest absolute Gasteiger partial charge is 0.0374 e. The molecule has 1 nitrogen and oxygen atoms in total. The predicted molar refractivity (Wildman–Crippen MR) is 92.6 cm³/mol. The molecule has 1 saturated carbocycles. The molecule has 21 heavy (non-hydrogen) atoms. The Kier molecular flexibility index (Phi) is 5.87. The van der Waals surface area contributed by atoms with Crippen LogP contribution in [0.3, 0.4) is 0 Å². The predicted octanol–water partition coefficient (Wildman–Crippen LogP) is 5.51. The van der Waals surface area contributed by atoms with E-state index in [1.165, 1.54) is 56.1 Å². The van der Waals surface area contributed by atoms with Crippen molar-refractivity contribution in [3.05, 3.63) is 35.4 Å². The van der Waals surface area contributed by atoms with Crippen molar-refractivity contribution in [3.63, 3.8) is 0 Å². The third-order valence-electron chi connectivity index (χ3n) is 5.14. The molecule has 1 aliphatic carbocycles. The highest BCUT2D eigenvalue weighted by Crippen LogP contribution is 2.51. The molecule has 2 rings (SSSR count). The Morgan fingerprint density at radius 3 is 2.48 bits per heavy atom. The fourth-order valence-corrected chi connectivity index (χ4v) is 4.55. The van der Waals surface area contributed by atoms with Crippen molar-refractivity contribution in [2.45, 2.75) is 71.8 Å². The molecule has 0 aliphatic heterocycles. The number of rotatable bonds is 7. The molecule has 1 fully saturated rings. The SMILES string of the molecule is CCCc1cccc(C(NC)C2(CC(C)C)CCCC2)c1. The molecule has 1 aromatic carbocycles. The van der Waals surface area contributed by atoms with Crippen LogP contribution in [0.5, 0.6) is 0 Å². The van der Waals surface area contributed by atoms with Gasteiger partial charge in [-0.3, -0.25) is 0 Å². The number of benzene rings is 1. The fourth-order valence-electron chi connectivity index (χ4n) is 4.55. The summed E-state index contributed by atoms with van der Waals surface area (Å²) in [5, 5.41) is 3.68. The highest BCUT2D eigenvalue weighted by atomic mass is 14.9. The molecule has 0 amide bonds. The number of hydrogen-bond acceptors (Lipinski definition) is 1. The van der Waals surface area contributed by atoms with Gasteiger partial charge in [-0.15, -0.1) is 0 Å². The maximum absolute atomic E-state index is 3.68. The molecular formula is C20H33N. The van der Waals surface area contributed by atoms with Gasteiger partial charge in [0.25, 0.3) is 0 Å². The molecule has 0 bridgehead atoms. The van der Waals surface area contributed by atoms with Crippen LogP contribution < -0.4 is 5.32 Å². The Hall–Kier alpha value is -0.820. The van der Waals surface area contributed by atoms with Crippen LogP contribution in [0.25, 0.3) is 0 Å². The van der Waals surface area contributed by atoms with Gasteiger partial charge in [0.1, 0.15) is 0 Å². The van der Waals surface area contributed by atoms with Crippen LogP contribution in [0.2, 0.25) is 0 Å². The number of aryl methyl sites for hydroxylation is 1. The van der Waals surface area contributed by atoms with E-state index in [4.69, 9.17) is 0 Å². The molecule has 1 aromatic rings. The molecule has 118 valence electrons. The van der Waals surface area contributed by atoms with Gasteiger partial charge in [-0.1, -0.05) is 64.3 Å². The summed E-state index contributed by atoms with van der Waals surface area (Å²) < 4.78 is 0. The van der Waals surface area contributed by atoms with Crippen molar-refractivity contribution in [1.29, 1.82) is 0 Å². The molecular weight excluding hydrogens is 254 g/mol. The van der Waals surface area contributed by atoms with Crippen LogP contribution in [0.15, 0.2) is 24.3 Å². The van der Waals surface area contributed by atoms with Crippen LogP contribution in [0.4, 0.5) is 0 Å². The summed E-state index contributed by atoms with van der Waals surface area (Å²) in [7, 11) is 2.15. The summed E-state index contributed by atoms with van der Waals surface area (Å²) in [6, 6.07) is 9.83. The van der Waals surface area contributed by atoms with Crippen LogP contribution in [0.1, 0.15) is 76.5 Å². The zero-order valence-corrected chi connectivity index (χ0v) is 14.4. The fraction of sp³-hybridized carbons (Fsp3) is 0.700. The summed E-state index contributed by atoms with van der Waals surface area (Å²) in [6.07, 6.45) is 9.34. The third-order valence-corrected chi connectivity index (χ3v) is 5.14. The molecule has 1 N–H and O–H groups in total. The normalized spacial score (nSPS) is 19.1. The third kappa shape index (κ3) is 3.88. The zero-order chi connectivity index (χ0) is 15.3. The van der Waals surface area contributed by atoms with Gasteiger partial charge in [-0.25, -0.2) is 0 Å². The average Bonchev–Trinajstić information content (AvgIpc) is 2.89. The van der Waals surface area contributed by atoms with E-state index in [1.54, 1.807) is 0 Å². The van der Waals surface area contributed by atoms with Gasteiger partial charge >= 0.3 is 0 Å². The quantitative estimate of drug-likeness (QED) is 0.697. The van der Waals surface area contributed by atoms with Gasteiger partial charge in [0.15, 0.2) is 0 Å². The Bertz CT molecular complexity index is 429. The van der Waals surface area contributed by atoms with E-state index in [9.17, 15) is 0 Å². The molecule has 0 heterocycles. The molecule has 0 saturated heterocycles. The summed E-state index contributed by atoms with van der Waals surface area (Å²) in [5.74, 6) is 0.776. The molecule has 1 aliphatic rings. The Morgan fingerprint density at radius 1 is 1.19 bits per heavy atom. The zero-order valence-electron chi connectivity index (χ0n) is 14.4. The van der Waals surface area contributed by atoms with Crippen molar-refractivity contribution < 1.29 is 0 Å². The molecule has 1 atom stereocenters.